The molecule has 0 atom stereocenters. The Kier molecular flexibility index (Phi) is 1.62. The fourth-order valence-corrected chi connectivity index (χ4v) is 1.29. The molecule has 4 heteroatoms. The van der Waals surface area contributed by atoms with Gasteiger partial charge >= 0.3 is 0 Å². The molecule has 0 aliphatic carbocycles. The van der Waals surface area contributed by atoms with E-state index in [1.165, 1.54) is 0 Å². The summed E-state index contributed by atoms with van der Waals surface area (Å²) in [7, 11) is 5.60. The topological polar surface area (TPSA) is 17.3 Å². The van der Waals surface area contributed by atoms with Crippen molar-refractivity contribution in [2.24, 2.45) is 0 Å². The van der Waals surface area contributed by atoms with Crippen LogP contribution in [0, 0.1) is 6.92 Å². The van der Waals surface area contributed by atoms with Gasteiger partial charge in [-0.2, -0.15) is 5.10 Å². The smallest absolute Gasteiger partial charge is 0.118 e. The molecule has 58 valence electrons. The van der Waals surface area contributed by atoms with Crippen LogP contribution in [0.2, 0.25) is 5.02 Å². The first-order valence-electron chi connectivity index (χ1n) is 3.57. The van der Waals surface area contributed by atoms with E-state index in [-0.39, 0.29) is 0 Å². The van der Waals surface area contributed by atoms with E-state index in [0.29, 0.717) is 10.5 Å². The molecule has 0 bridgehead atoms. The minimum atomic E-state index is 0.548. The molecule has 0 aromatic carbocycles. The van der Waals surface area contributed by atoms with Gasteiger partial charge in [0.2, 0.25) is 0 Å². The maximum atomic E-state index is 5.85. The van der Waals surface area contributed by atoms with E-state index < -0.39 is 0 Å². The van der Waals surface area contributed by atoms with Crippen molar-refractivity contribution in [2.75, 3.05) is 0 Å². The highest BCUT2D eigenvalue weighted by Crippen LogP contribution is 2.12. The molecule has 0 amide bonds. The molecule has 2 aromatic heterocycles. The van der Waals surface area contributed by atoms with Crippen molar-refractivity contribution >= 4 is 30.4 Å². The van der Waals surface area contributed by atoms with Gasteiger partial charge in [0.15, 0.2) is 0 Å². The van der Waals surface area contributed by atoms with E-state index in [4.69, 9.17) is 19.4 Å². The highest BCUT2D eigenvalue weighted by atomic mass is 35.5. The molecule has 0 unspecified atom stereocenters. The molecule has 0 N–H and O–H groups in total. The number of pyridine rings is 1. The zero-order valence-corrected chi connectivity index (χ0v) is 7.34. The Morgan fingerprint density at radius 2 is 2.33 bits per heavy atom. The molecule has 0 aliphatic rings. The number of aromatic nitrogens is 2. The standard InChI is InChI=1S/C8H6BClN2/c1-5-3-11-12-4-6(9)7(10)2-8(5)12/h2-4H,1H3. The van der Waals surface area contributed by atoms with Crippen molar-refractivity contribution < 1.29 is 0 Å². The van der Waals surface area contributed by atoms with Gasteiger partial charge in [0.05, 0.1) is 11.7 Å². The van der Waals surface area contributed by atoms with E-state index in [2.05, 4.69) is 5.10 Å². The maximum Gasteiger partial charge on any atom is 0.118 e. The number of halogens is 1. The lowest BCUT2D eigenvalue weighted by Gasteiger charge is -1.99. The zero-order valence-electron chi connectivity index (χ0n) is 6.58. The van der Waals surface area contributed by atoms with Crippen LogP contribution in [0.25, 0.3) is 5.52 Å². The van der Waals surface area contributed by atoms with E-state index >= 15 is 0 Å². The third-order valence-electron chi connectivity index (χ3n) is 1.83. The molecular formula is C8H6BClN2. The molecular weight excluding hydrogens is 170 g/mol. The molecule has 2 heterocycles. The molecule has 12 heavy (non-hydrogen) atoms. The van der Waals surface area contributed by atoms with E-state index in [0.717, 1.165) is 11.1 Å². The summed E-state index contributed by atoms with van der Waals surface area (Å²) in [6.45, 7) is 1.98. The van der Waals surface area contributed by atoms with Crippen molar-refractivity contribution in [1.82, 2.24) is 9.61 Å². The average Bonchev–Trinajstić information content (AvgIpc) is 2.35. The van der Waals surface area contributed by atoms with Crippen LogP contribution in [0.4, 0.5) is 0 Å². The molecule has 2 radical (unpaired) electrons. The quantitative estimate of drug-likeness (QED) is 0.549. The molecule has 0 saturated heterocycles. The number of aryl methyl sites for hydroxylation is 1. The fraction of sp³-hybridized carbons (Fsp3) is 0.125. The maximum absolute atomic E-state index is 5.85. The van der Waals surface area contributed by atoms with Gasteiger partial charge < -0.3 is 0 Å². The largest absolute Gasteiger partial charge is 0.241 e. The molecule has 2 aromatic rings. The van der Waals surface area contributed by atoms with Crippen LogP contribution in [0.1, 0.15) is 5.56 Å². The number of rotatable bonds is 0. The minimum Gasteiger partial charge on any atom is -0.241 e. The number of hydrogen-bond acceptors (Lipinski definition) is 1. The van der Waals surface area contributed by atoms with Crippen molar-refractivity contribution in [3.63, 3.8) is 0 Å². The lowest BCUT2D eigenvalue weighted by atomic mass is 9.98. The second kappa shape index (κ2) is 2.52. The van der Waals surface area contributed by atoms with Crippen molar-refractivity contribution in [1.29, 1.82) is 0 Å². The van der Waals surface area contributed by atoms with E-state index in [1.807, 2.05) is 13.0 Å². The molecule has 2 nitrogen and oxygen atoms in total. The third kappa shape index (κ3) is 1.01. The first-order chi connectivity index (χ1) is 5.68. The second-order valence-corrected chi connectivity index (χ2v) is 3.14. The van der Waals surface area contributed by atoms with Crippen LogP contribution < -0.4 is 5.46 Å². The van der Waals surface area contributed by atoms with Gasteiger partial charge in [0.1, 0.15) is 7.85 Å². The summed E-state index contributed by atoms with van der Waals surface area (Å²) in [5.41, 5.74) is 2.64. The summed E-state index contributed by atoms with van der Waals surface area (Å²) in [6.07, 6.45) is 3.50. The summed E-state index contributed by atoms with van der Waals surface area (Å²) in [4.78, 5) is 0. The van der Waals surface area contributed by atoms with Gasteiger partial charge in [0.25, 0.3) is 0 Å². The fourth-order valence-electron chi connectivity index (χ4n) is 1.14. The van der Waals surface area contributed by atoms with E-state index in [9.17, 15) is 0 Å². The predicted octanol–water partition coefficient (Wildman–Crippen LogP) is 1.09. The lowest BCUT2D eigenvalue weighted by Crippen LogP contribution is -2.07. The molecule has 0 spiro atoms. The summed E-state index contributed by atoms with van der Waals surface area (Å²) in [6, 6.07) is 1.82. The van der Waals surface area contributed by atoms with Crippen LogP contribution in [0.15, 0.2) is 18.5 Å². The molecule has 2 rings (SSSR count). The molecule has 0 aliphatic heterocycles. The predicted molar refractivity (Wildman–Crippen MR) is 50.3 cm³/mol. The van der Waals surface area contributed by atoms with Crippen molar-refractivity contribution in [3.05, 3.63) is 29.0 Å². The first-order valence-corrected chi connectivity index (χ1v) is 3.95. The summed E-state index contributed by atoms with van der Waals surface area (Å²) in [5, 5.41) is 4.67. The summed E-state index contributed by atoms with van der Waals surface area (Å²) >= 11 is 5.85. The first kappa shape index (κ1) is 7.68. The van der Waals surface area contributed by atoms with Gasteiger partial charge in [-0.05, 0) is 18.6 Å². The Bertz CT molecular complexity index is 436. The van der Waals surface area contributed by atoms with Gasteiger partial charge in [-0.1, -0.05) is 17.1 Å². The SMILES string of the molecule is [B]c1cn2ncc(C)c2cc1Cl. The van der Waals surface area contributed by atoms with Crippen LogP contribution >= 0.6 is 11.6 Å². The third-order valence-corrected chi connectivity index (χ3v) is 2.15. The average molecular weight is 176 g/mol. The Morgan fingerprint density at radius 1 is 1.58 bits per heavy atom. The van der Waals surface area contributed by atoms with Crippen LogP contribution in [-0.4, -0.2) is 17.5 Å². The van der Waals surface area contributed by atoms with Gasteiger partial charge in [-0.3, -0.25) is 0 Å². The number of hydrogen-bond donors (Lipinski definition) is 0. The van der Waals surface area contributed by atoms with Gasteiger partial charge in [-0.15, -0.1) is 0 Å². The van der Waals surface area contributed by atoms with Gasteiger partial charge in [0, 0.05) is 11.2 Å². The Labute approximate surface area is 76.6 Å². The minimum absolute atomic E-state index is 0.548. The highest BCUT2D eigenvalue weighted by Gasteiger charge is 2.01. The summed E-state index contributed by atoms with van der Waals surface area (Å²) in [5.74, 6) is 0. The lowest BCUT2D eigenvalue weighted by molar-refractivity contribution is 0.967. The normalized spacial score (nSPS) is 10.8. The van der Waals surface area contributed by atoms with Crippen molar-refractivity contribution in [2.45, 2.75) is 6.92 Å². The Hall–Kier alpha value is -0.955. The summed E-state index contributed by atoms with van der Waals surface area (Å²) < 4.78 is 1.72. The second-order valence-electron chi connectivity index (χ2n) is 2.73. The molecule has 0 saturated carbocycles. The Morgan fingerprint density at radius 3 is 3.08 bits per heavy atom. The highest BCUT2D eigenvalue weighted by molar-refractivity contribution is 6.45. The number of nitrogens with zero attached hydrogens (tertiary/aromatic N) is 2. The number of fused-ring (bicyclic) bond motifs is 1. The Balaban J connectivity index is 2.87. The van der Waals surface area contributed by atoms with Crippen LogP contribution in [-0.2, 0) is 0 Å². The van der Waals surface area contributed by atoms with Crippen LogP contribution in [0.3, 0.4) is 0 Å². The van der Waals surface area contributed by atoms with Gasteiger partial charge in [-0.25, -0.2) is 4.52 Å². The molecule has 0 fully saturated rings. The van der Waals surface area contributed by atoms with E-state index in [1.54, 1.807) is 16.9 Å². The van der Waals surface area contributed by atoms with Crippen molar-refractivity contribution in [3.8, 4) is 0 Å². The monoisotopic (exact) mass is 176 g/mol. The zero-order chi connectivity index (χ0) is 8.72. The van der Waals surface area contributed by atoms with Crippen LogP contribution in [0.5, 0.6) is 0 Å².